The van der Waals surface area contributed by atoms with E-state index >= 15 is 0 Å². The second kappa shape index (κ2) is 4.72. The van der Waals surface area contributed by atoms with Gasteiger partial charge in [0.2, 0.25) is 0 Å². The first-order chi connectivity index (χ1) is 8.38. The highest BCUT2D eigenvalue weighted by Crippen LogP contribution is 2.25. The van der Waals surface area contributed by atoms with Crippen molar-refractivity contribution in [3.05, 3.63) is 17.5 Å². The van der Waals surface area contributed by atoms with Crippen LogP contribution in [0, 0.1) is 11.3 Å². The summed E-state index contributed by atoms with van der Waals surface area (Å²) in [6, 6.07) is 1.76. The second-order valence-electron chi connectivity index (χ2n) is 5.58. The van der Waals surface area contributed by atoms with E-state index in [1.165, 1.54) is 6.33 Å². The van der Waals surface area contributed by atoms with Gasteiger partial charge in [-0.25, -0.2) is 0 Å². The molecule has 0 bridgehead atoms. The Morgan fingerprint density at radius 1 is 1.44 bits per heavy atom. The lowest BCUT2D eigenvalue weighted by molar-refractivity contribution is 0.274. The van der Waals surface area contributed by atoms with Crippen molar-refractivity contribution in [2.45, 2.75) is 27.7 Å². The van der Waals surface area contributed by atoms with Crippen LogP contribution in [-0.4, -0.2) is 26.1 Å². The number of halogens is 1. The van der Waals surface area contributed by atoms with Crippen molar-refractivity contribution >= 4 is 23.2 Å². The van der Waals surface area contributed by atoms with Crippen LogP contribution < -0.4 is 5.32 Å². The number of nitrogens with zero attached hydrogens (tertiary/aromatic N) is 4. The van der Waals surface area contributed by atoms with Gasteiger partial charge in [-0.05, 0) is 11.3 Å². The van der Waals surface area contributed by atoms with Gasteiger partial charge < -0.3 is 5.32 Å². The van der Waals surface area contributed by atoms with Crippen molar-refractivity contribution in [2.75, 3.05) is 11.9 Å². The van der Waals surface area contributed by atoms with Crippen LogP contribution in [0.25, 0.3) is 5.78 Å². The Hall–Kier alpha value is -1.36. The molecule has 0 aliphatic carbocycles. The molecule has 1 unspecified atom stereocenters. The maximum atomic E-state index is 5.95. The summed E-state index contributed by atoms with van der Waals surface area (Å²) in [4.78, 5) is 8.12. The summed E-state index contributed by atoms with van der Waals surface area (Å²) in [7, 11) is 0. The molecule has 5 nitrogen and oxygen atoms in total. The highest BCUT2D eigenvalue weighted by atomic mass is 35.5. The topological polar surface area (TPSA) is 55.1 Å². The molecular weight excluding hydrogens is 250 g/mol. The summed E-state index contributed by atoms with van der Waals surface area (Å²) in [6.07, 6.45) is 1.47. The fourth-order valence-corrected chi connectivity index (χ4v) is 1.65. The molecule has 98 valence electrons. The first-order valence-corrected chi connectivity index (χ1v) is 6.36. The number of fused-ring (bicyclic) bond motifs is 1. The Bertz CT molecular complexity index is 543. The summed E-state index contributed by atoms with van der Waals surface area (Å²) in [5, 5.41) is 7.90. The van der Waals surface area contributed by atoms with Crippen molar-refractivity contribution in [3.8, 4) is 0 Å². The molecule has 0 aliphatic heterocycles. The van der Waals surface area contributed by atoms with Crippen LogP contribution >= 0.6 is 11.6 Å². The van der Waals surface area contributed by atoms with Gasteiger partial charge in [0, 0.05) is 12.6 Å². The summed E-state index contributed by atoms with van der Waals surface area (Å²) in [6.45, 7) is 9.74. The maximum absolute atomic E-state index is 5.95. The van der Waals surface area contributed by atoms with E-state index in [1.54, 1.807) is 10.6 Å². The number of aromatic nitrogens is 4. The van der Waals surface area contributed by atoms with Crippen LogP contribution in [0.2, 0.25) is 5.15 Å². The van der Waals surface area contributed by atoms with E-state index in [0.29, 0.717) is 16.8 Å². The molecule has 0 saturated carbocycles. The van der Waals surface area contributed by atoms with Crippen molar-refractivity contribution in [1.82, 2.24) is 19.6 Å². The molecule has 2 aromatic rings. The van der Waals surface area contributed by atoms with Gasteiger partial charge >= 0.3 is 0 Å². The highest BCUT2D eigenvalue weighted by Gasteiger charge is 2.20. The molecule has 2 rings (SSSR count). The van der Waals surface area contributed by atoms with Crippen LogP contribution in [0.3, 0.4) is 0 Å². The van der Waals surface area contributed by atoms with E-state index < -0.39 is 0 Å². The molecule has 0 aliphatic rings. The maximum Gasteiger partial charge on any atom is 0.255 e. The van der Waals surface area contributed by atoms with E-state index in [4.69, 9.17) is 11.6 Å². The molecule has 2 heterocycles. The first-order valence-electron chi connectivity index (χ1n) is 5.98. The summed E-state index contributed by atoms with van der Waals surface area (Å²) in [5.41, 5.74) is 0.255. The van der Waals surface area contributed by atoms with E-state index in [9.17, 15) is 0 Å². The fraction of sp³-hybridized carbons (Fsp3) is 0.583. The molecule has 0 spiro atoms. The standard InChI is InChI=1S/C12H18ClN5/c1-8(12(2,3)4)6-14-10-5-9(13)17-11-15-7-16-18(10)11/h5,7-8,14H,6H2,1-4H3. The smallest absolute Gasteiger partial charge is 0.255 e. The minimum atomic E-state index is 0.255. The third-order valence-electron chi connectivity index (χ3n) is 3.29. The lowest BCUT2D eigenvalue weighted by atomic mass is 9.82. The van der Waals surface area contributed by atoms with Gasteiger partial charge in [0.1, 0.15) is 17.3 Å². The van der Waals surface area contributed by atoms with Crippen LogP contribution in [0.15, 0.2) is 12.4 Å². The Morgan fingerprint density at radius 3 is 2.83 bits per heavy atom. The van der Waals surface area contributed by atoms with Crippen LogP contribution in [-0.2, 0) is 0 Å². The predicted molar refractivity (Wildman–Crippen MR) is 72.9 cm³/mol. The Morgan fingerprint density at radius 2 is 2.17 bits per heavy atom. The zero-order valence-electron chi connectivity index (χ0n) is 11.1. The number of rotatable bonds is 3. The number of hydrogen-bond donors (Lipinski definition) is 1. The second-order valence-corrected chi connectivity index (χ2v) is 5.97. The average molecular weight is 268 g/mol. The van der Waals surface area contributed by atoms with E-state index in [-0.39, 0.29) is 5.41 Å². The van der Waals surface area contributed by atoms with E-state index in [2.05, 4.69) is 48.1 Å². The van der Waals surface area contributed by atoms with Crippen molar-refractivity contribution in [1.29, 1.82) is 0 Å². The number of anilines is 1. The molecular formula is C12H18ClN5. The SMILES string of the molecule is CC(CNc1cc(Cl)nc2ncnn12)C(C)(C)C. The molecule has 0 radical (unpaired) electrons. The Balaban J connectivity index is 2.19. The summed E-state index contributed by atoms with van der Waals surface area (Å²) in [5.74, 6) is 1.84. The number of nitrogens with one attached hydrogen (secondary N) is 1. The molecule has 6 heteroatoms. The van der Waals surface area contributed by atoms with Crippen LogP contribution in [0.4, 0.5) is 5.82 Å². The molecule has 0 aromatic carbocycles. The quantitative estimate of drug-likeness (QED) is 0.869. The molecule has 0 amide bonds. The van der Waals surface area contributed by atoms with Crippen molar-refractivity contribution in [2.24, 2.45) is 11.3 Å². The lowest BCUT2D eigenvalue weighted by Gasteiger charge is -2.27. The van der Waals surface area contributed by atoms with Crippen LogP contribution in [0.5, 0.6) is 0 Å². The summed E-state index contributed by atoms with van der Waals surface area (Å²) >= 11 is 5.95. The fourth-order valence-electron chi connectivity index (χ4n) is 1.47. The Kier molecular flexibility index (Phi) is 3.43. The molecule has 2 aromatic heterocycles. The van der Waals surface area contributed by atoms with E-state index in [1.807, 2.05) is 0 Å². The van der Waals surface area contributed by atoms with E-state index in [0.717, 1.165) is 12.4 Å². The first kappa shape index (κ1) is 13.1. The third kappa shape index (κ3) is 2.72. The molecule has 0 fully saturated rings. The largest absolute Gasteiger partial charge is 0.370 e. The molecule has 0 saturated heterocycles. The van der Waals surface area contributed by atoms with Gasteiger partial charge in [0.05, 0.1) is 0 Å². The molecule has 18 heavy (non-hydrogen) atoms. The summed E-state index contributed by atoms with van der Waals surface area (Å²) < 4.78 is 1.65. The Labute approximate surface area is 112 Å². The van der Waals surface area contributed by atoms with Crippen molar-refractivity contribution in [3.63, 3.8) is 0 Å². The van der Waals surface area contributed by atoms with Crippen molar-refractivity contribution < 1.29 is 0 Å². The van der Waals surface area contributed by atoms with Gasteiger partial charge in [-0.15, -0.1) is 0 Å². The van der Waals surface area contributed by atoms with Gasteiger partial charge in [-0.1, -0.05) is 39.3 Å². The van der Waals surface area contributed by atoms with Gasteiger partial charge in [-0.2, -0.15) is 19.6 Å². The third-order valence-corrected chi connectivity index (χ3v) is 3.48. The zero-order chi connectivity index (χ0) is 13.3. The highest BCUT2D eigenvalue weighted by molar-refractivity contribution is 6.29. The van der Waals surface area contributed by atoms with Crippen LogP contribution in [0.1, 0.15) is 27.7 Å². The predicted octanol–water partition coefficient (Wildman–Crippen LogP) is 2.87. The molecule has 1 atom stereocenters. The van der Waals surface area contributed by atoms with Gasteiger partial charge in [-0.3, -0.25) is 0 Å². The zero-order valence-corrected chi connectivity index (χ0v) is 11.9. The average Bonchev–Trinajstić information content (AvgIpc) is 2.71. The molecule has 1 N–H and O–H groups in total. The minimum Gasteiger partial charge on any atom is -0.370 e. The normalized spacial score (nSPS) is 13.8. The monoisotopic (exact) mass is 267 g/mol. The van der Waals surface area contributed by atoms with Gasteiger partial charge in [0.15, 0.2) is 0 Å². The minimum absolute atomic E-state index is 0.255. The lowest BCUT2D eigenvalue weighted by Crippen LogP contribution is -2.25. The number of hydrogen-bond acceptors (Lipinski definition) is 4. The van der Waals surface area contributed by atoms with Gasteiger partial charge in [0.25, 0.3) is 5.78 Å².